The van der Waals surface area contributed by atoms with Gasteiger partial charge in [-0.1, -0.05) is 6.07 Å². The molecular weight excluding hydrogens is 332 g/mol. The summed E-state index contributed by atoms with van der Waals surface area (Å²) < 4.78 is 11.2. The zero-order valence-electron chi connectivity index (χ0n) is 15.1. The quantitative estimate of drug-likeness (QED) is 0.679. The van der Waals surface area contributed by atoms with Crippen molar-refractivity contribution in [2.75, 3.05) is 34.4 Å². The maximum atomic E-state index is 11.6. The molecule has 1 amide bonds. The second kappa shape index (κ2) is 7.45. The highest BCUT2D eigenvalue weighted by Crippen LogP contribution is 2.32. The summed E-state index contributed by atoms with van der Waals surface area (Å²) in [5.41, 5.74) is 7.96. The lowest BCUT2D eigenvalue weighted by molar-refractivity contribution is 0.100. The van der Waals surface area contributed by atoms with Crippen LogP contribution in [-0.2, 0) is 0 Å². The Bertz CT molecular complexity index is 934. The first-order valence-corrected chi connectivity index (χ1v) is 8.24. The normalized spacial score (nSPS) is 11.1. The molecule has 0 saturated heterocycles. The Morgan fingerprint density at radius 2 is 2.04 bits per heavy atom. The third-order valence-electron chi connectivity index (χ3n) is 4.01. The molecule has 0 atom stereocenters. The molecule has 3 rings (SSSR count). The topological polar surface area (TPSA) is 93.5 Å². The number of aromatic amines is 1. The van der Waals surface area contributed by atoms with E-state index in [4.69, 9.17) is 15.2 Å². The number of rotatable bonds is 7. The van der Waals surface area contributed by atoms with Gasteiger partial charge in [0.15, 0.2) is 11.5 Å². The molecule has 136 valence electrons. The number of hydrogen-bond donors (Lipinski definition) is 2. The highest BCUT2D eigenvalue weighted by Gasteiger charge is 2.14. The number of nitrogens with one attached hydrogen (secondary N) is 1. The monoisotopic (exact) mass is 354 g/mol. The second-order valence-electron chi connectivity index (χ2n) is 6.17. The Morgan fingerprint density at radius 3 is 2.73 bits per heavy atom. The number of carbonyl (C=O) groups excluding carboxylic acids is 1. The first kappa shape index (κ1) is 17.8. The number of para-hydroxylation sites is 1. The number of fused-ring (bicyclic) bond motifs is 1. The van der Waals surface area contributed by atoms with Crippen LogP contribution in [0.1, 0.15) is 10.4 Å². The number of aromatic nitrogens is 2. The number of nitrogens with two attached hydrogens (primary N) is 1. The van der Waals surface area contributed by atoms with Gasteiger partial charge in [-0.2, -0.15) is 0 Å². The van der Waals surface area contributed by atoms with Crippen molar-refractivity contribution in [2.45, 2.75) is 0 Å². The average molecular weight is 354 g/mol. The maximum absolute atomic E-state index is 11.6. The number of carbonyl (C=O) groups is 1. The smallest absolute Gasteiger partial charge is 0.250 e. The van der Waals surface area contributed by atoms with Gasteiger partial charge < -0.3 is 25.1 Å². The predicted octanol–water partition coefficient (Wildman–Crippen LogP) is 2.28. The van der Waals surface area contributed by atoms with Crippen molar-refractivity contribution in [1.29, 1.82) is 0 Å². The fourth-order valence-electron chi connectivity index (χ4n) is 2.64. The van der Waals surface area contributed by atoms with Gasteiger partial charge in [-0.25, -0.2) is 4.98 Å². The highest BCUT2D eigenvalue weighted by molar-refractivity contribution is 6.04. The van der Waals surface area contributed by atoms with Crippen molar-refractivity contribution in [3.8, 4) is 22.9 Å². The van der Waals surface area contributed by atoms with E-state index in [1.807, 2.05) is 43.3 Å². The summed E-state index contributed by atoms with van der Waals surface area (Å²) in [5.74, 6) is 1.42. The molecule has 3 aromatic rings. The Morgan fingerprint density at radius 1 is 1.23 bits per heavy atom. The number of hydrogen-bond acceptors (Lipinski definition) is 5. The van der Waals surface area contributed by atoms with Crippen LogP contribution in [0.25, 0.3) is 22.4 Å². The molecule has 7 nitrogen and oxygen atoms in total. The van der Waals surface area contributed by atoms with Gasteiger partial charge >= 0.3 is 0 Å². The number of imidazole rings is 1. The molecular formula is C19H22N4O3. The van der Waals surface area contributed by atoms with Crippen LogP contribution in [0.15, 0.2) is 36.4 Å². The van der Waals surface area contributed by atoms with Crippen molar-refractivity contribution in [1.82, 2.24) is 14.9 Å². The summed E-state index contributed by atoms with van der Waals surface area (Å²) in [6.07, 6.45) is 0. The van der Waals surface area contributed by atoms with Crippen LogP contribution in [-0.4, -0.2) is 55.1 Å². The van der Waals surface area contributed by atoms with E-state index in [-0.39, 0.29) is 0 Å². The van der Waals surface area contributed by atoms with E-state index in [2.05, 4.69) is 9.97 Å². The van der Waals surface area contributed by atoms with Gasteiger partial charge in [0.2, 0.25) is 0 Å². The number of primary amides is 1. The number of nitrogens with zero attached hydrogens (tertiary/aromatic N) is 2. The van der Waals surface area contributed by atoms with Crippen molar-refractivity contribution in [3.05, 3.63) is 42.0 Å². The summed E-state index contributed by atoms with van der Waals surface area (Å²) in [6.45, 7) is 1.33. The van der Waals surface area contributed by atoms with Crippen LogP contribution in [0.4, 0.5) is 0 Å². The fraction of sp³-hybridized carbons (Fsp3) is 0.263. The van der Waals surface area contributed by atoms with Crippen molar-refractivity contribution >= 4 is 16.9 Å². The number of likely N-dealkylation sites (N-methyl/N-ethyl adjacent to an activating group) is 1. The standard InChI is InChI=1S/C19H22N4O3/c1-23(2)9-10-26-16-11-12(7-8-15(16)25-3)19-21-14-6-4-5-13(18(20)24)17(14)22-19/h4-8,11H,9-10H2,1-3H3,(H2,20,24)(H,21,22). The minimum atomic E-state index is -0.504. The Hall–Kier alpha value is -3.06. The zero-order valence-corrected chi connectivity index (χ0v) is 15.1. The number of benzene rings is 2. The highest BCUT2D eigenvalue weighted by atomic mass is 16.5. The first-order chi connectivity index (χ1) is 12.5. The van der Waals surface area contributed by atoms with E-state index in [0.29, 0.717) is 35.0 Å². The Kier molecular flexibility index (Phi) is 5.09. The van der Waals surface area contributed by atoms with Crippen LogP contribution in [0, 0.1) is 0 Å². The van der Waals surface area contributed by atoms with Gasteiger partial charge in [0.05, 0.1) is 18.2 Å². The average Bonchev–Trinajstić information content (AvgIpc) is 3.05. The van der Waals surface area contributed by atoms with Crippen molar-refractivity contribution < 1.29 is 14.3 Å². The molecule has 3 N–H and O–H groups in total. The Balaban J connectivity index is 1.97. The SMILES string of the molecule is COc1ccc(-c2nc3c(C(N)=O)cccc3[nH]2)cc1OCCN(C)C. The van der Waals surface area contributed by atoms with Gasteiger partial charge in [-0.15, -0.1) is 0 Å². The van der Waals surface area contributed by atoms with Crippen LogP contribution in [0.5, 0.6) is 11.5 Å². The lowest BCUT2D eigenvalue weighted by Gasteiger charge is -2.14. The van der Waals surface area contributed by atoms with E-state index in [9.17, 15) is 4.79 Å². The minimum absolute atomic E-state index is 0.390. The van der Waals surface area contributed by atoms with Crippen molar-refractivity contribution in [3.63, 3.8) is 0 Å². The molecule has 1 heterocycles. The van der Waals surface area contributed by atoms with Gasteiger partial charge in [0.1, 0.15) is 17.9 Å². The fourth-order valence-corrected chi connectivity index (χ4v) is 2.64. The molecule has 0 unspecified atom stereocenters. The summed E-state index contributed by atoms with van der Waals surface area (Å²) in [5, 5.41) is 0. The molecule has 0 saturated carbocycles. The number of methoxy groups -OCH3 is 1. The molecule has 26 heavy (non-hydrogen) atoms. The lowest BCUT2D eigenvalue weighted by atomic mass is 10.2. The maximum Gasteiger partial charge on any atom is 0.250 e. The molecule has 0 aliphatic heterocycles. The first-order valence-electron chi connectivity index (χ1n) is 8.24. The number of amides is 1. The predicted molar refractivity (Wildman–Crippen MR) is 101 cm³/mol. The third-order valence-corrected chi connectivity index (χ3v) is 4.01. The van der Waals surface area contributed by atoms with E-state index in [1.165, 1.54) is 0 Å². The van der Waals surface area contributed by atoms with Crippen LogP contribution in [0.3, 0.4) is 0 Å². The summed E-state index contributed by atoms with van der Waals surface area (Å²) in [7, 11) is 5.58. The summed E-state index contributed by atoms with van der Waals surface area (Å²) >= 11 is 0. The lowest BCUT2D eigenvalue weighted by Crippen LogP contribution is -2.19. The summed E-state index contributed by atoms with van der Waals surface area (Å²) in [4.78, 5) is 21.4. The van der Waals surface area contributed by atoms with Gasteiger partial charge in [0, 0.05) is 12.1 Å². The number of H-pyrrole nitrogens is 1. The Labute approximate surface area is 151 Å². The van der Waals surface area contributed by atoms with Crippen molar-refractivity contribution in [2.24, 2.45) is 5.73 Å². The van der Waals surface area contributed by atoms with Gasteiger partial charge in [-0.05, 0) is 44.4 Å². The second-order valence-corrected chi connectivity index (χ2v) is 6.17. The summed E-state index contributed by atoms with van der Waals surface area (Å²) in [6, 6.07) is 10.9. The molecule has 1 aromatic heterocycles. The van der Waals surface area contributed by atoms with Crippen LogP contribution in [0.2, 0.25) is 0 Å². The van der Waals surface area contributed by atoms with E-state index < -0.39 is 5.91 Å². The van der Waals surface area contributed by atoms with Gasteiger partial charge in [-0.3, -0.25) is 4.79 Å². The molecule has 2 aromatic carbocycles. The minimum Gasteiger partial charge on any atom is -0.493 e. The van der Waals surface area contributed by atoms with E-state index in [0.717, 1.165) is 17.6 Å². The molecule has 0 aliphatic carbocycles. The molecule has 0 bridgehead atoms. The largest absolute Gasteiger partial charge is 0.493 e. The molecule has 0 aliphatic rings. The molecule has 0 fully saturated rings. The van der Waals surface area contributed by atoms with Gasteiger partial charge in [0.25, 0.3) is 5.91 Å². The molecule has 7 heteroatoms. The van der Waals surface area contributed by atoms with E-state index >= 15 is 0 Å². The third kappa shape index (κ3) is 3.62. The van der Waals surface area contributed by atoms with Crippen LogP contribution >= 0.6 is 0 Å². The molecule has 0 radical (unpaired) electrons. The molecule has 0 spiro atoms. The van der Waals surface area contributed by atoms with Crippen LogP contribution < -0.4 is 15.2 Å². The number of ether oxygens (including phenoxy) is 2. The van der Waals surface area contributed by atoms with E-state index in [1.54, 1.807) is 19.2 Å². The zero-order chi connectivity index (χ0) is 18.7.